The van der Waals surface area contributed by atoms with E-state index in [-0.39, 0.29) is 15.5 Å². The van der Waals surface area contributed by atoms with E-state index in [9.17, 15) is 16.8 Å². The minimum absolute atomic E-state index is 0.114. The molecule has 0 aliphatic carbocycles. The second kappa shape index (κ2) is 6.65. The molecule has 3 rings (SSSR count). The molecule has 0 fully saturated rings. The van der Waals surface area contributed by atoms with Crippen LogP contribution in [0.25, 0.3) is 6.08 Å². The van der Waals surface area contributed by atoms with Crippen molar-refractivity contribution < 1.29 is 16.8 Å². The maximum Gasteiger partial charge on any atom is 0.261 e. The molecule has 132 valence electrons. The highest BCUT2D eigenvalue weighted by atomic mass is 32.2. The Hall–Kier alpha value is -2.12. The van der Waals surface area contributed by atoms with Crippen molar-refractivity contribution in [1.29, 1.82) is 0 Å². The Morgan fingerprint density at radius 3 is 2.44 bits per heavy atom. The number of sulfonamides is 1. The van der Waals surface area contributed by atoms with Gasteiger partial charge in [-0.3, -0.25) is 4.72 Å². The van der Waals surface area contributed by atoms with E-state index in [1.807, 2.05) is 0 Å². The topological polar surface area (TPSA) is 80.3 Å². The van der Waals surface area contributed by atoms with E-state index in [1.165, 1.54) is 12.1 Å². The summed E-state index contributed by atoms with van der Waals surface area (Å²) in [7, 11) is -7.25. The normalized spacial score (nSPS) is 15.1. The van der Waals surface area contributed by atoms with Crippen molar-refractivity contribution in [2.45, 2.75) is 36.0 Å². The van der Waals surface area contributed by atoms with Crippen LogP contribution >= 0.6 is 0 Å². The van der Waals surface area contributed by atoms with Gasteiger partial charge in [-0.2, -0.15) is 0 Å². The minimum atomic E-state index is -3.77. The zero-order valence-corrected chi connectivity index (χ0v) is 15.4. The molecule has 2 aromatic carbocycles. The van der Waals surface area contributed by atoms with Gasteiger partial charge in [0.05, 0.1) is 15.5 Å². The quantitative estimate of drug-likeness (QED) is 0.834. The lowest BCUT2D eigenvalue weighted by Gasteiger charge is -2.10. The number of benzene rings is 2. The summed E-state index contributed by atoms with van der Waals surface area (Å²) in [5, 5.41) is 1.12. The van der Waals surface area contributed by atoms with Crippen LogP contribution in [-0.2, 0) is 26.3 Å². The fraction of sp³-hybridized carbons (Fsp3) is 0.222. The summed E-state index contributed by atoms with van der Waals surface area (Å²) in [5.74, 6) is 0. The summed E-state index contributed by atoms with van der Waals surface area (Å²) < 4.78 is 51.3. The van der Waals surface area contributed by atoms with E-state index in [0.717, 1.165) is 30.2 Å². The van der Waals surface area contributed by atoms with Gasteiger partial charge in [-0.25, -0.2) is 16.8 Å². The first kappa shape index (κ1) is 17.7. The van der Waals surface area contributed by atoms with Gasteiger partial charge in [-0.1, -0.05) is 31.5 Å². The third-order valence-corrected chi connectivity index (χ3v) is 6.91. The molecule has 1 aliphatic heterocycles. The molecule has 0 saturated carbocycles. The van der Waals surface area contributed by atoms with Gasteiger partial charge in [0.2, 0.25) is 9.84 Å². The second-order valence-corrected chi connectivity index (χ2v) is 9.44. The molecule has 5 nitrogen and oxygen atoms in total. The van der Waals surface area contributed by atoms with Crippen molar-refractivity contribution in [3.05, 3.63) is 59.0 Å². The van der Waals surface area contributed by atoms with Crippen LogP contribution in [0.1, 0.15) is 30.9 Å². The van der Waals surface area contributed by atoms with E-state index in [2.05, 4.69) is 11.6 Å². The molecule has 2 aromatic rings. The zero-order chi connectivity index (χ0) is 18.1. The van der Waals surface area contributed by atoms with Crippen LogP contribution < -0.4 is 4.72 Å². The third-order valence-electron chi connectivity index (χ3n) is 4.05. The second-order valence-electron chi connectivity index (χ2n) is 5.95. The summed E-state index contributed by atoms with van der Waals surface area (Å²) in [6.45, 7) is 2.11. The van der Waals surface area contributed by atoms with Gasteiger partial charge >= 0.3 is 0 Å². The Kier molecular flexibility index (Phi) is 4.71. The Labute approximate surface area is 148 Å². The van der Waals surface area contributed by atoms with Crippen LogP contribution in [0.15, 0.2) is 57.7 Å². The highest BCUT2D eigenvalue weighted by molar-refractivity contribution is 7.95. The van der Waals surface area contributed by atoms with Crippen molar-refractivity contribution in [1.82, 2.24) is 0 Å². The first-order valence-corrected chi connectivity index (χ1v) is 11.0. The summed E-state index contributed by atoms with van der Waals surface area (Å²) in [6.07, 6.45) is 4.55. The van der Waals surface area contributed by atoms with Crippen molar-refractivity contribution in [2.24, 2.45) is 0 Å². The van der Waals surface area contributed by atoms with Crippen molar-refractivity contribution >= 4 is 31.6 Å². The molecule has 0 bridgehead atoms. The molecule has 0 atom stereocenters. The fourth-order valence-corrected chi connectivity index (χ4v) is 4.93. The molecule has 0 amide bonds. The van der Waals surface area contributed by atoms with Crippen LogP contribution in [0.4, 0.5) is 5.69 Å². The molecule has 0 radical (unpaired) electrons. The number of aryl methyl sites for hydroxylation is 1. The van der Waals surface area contributed by atoms with Crippen molar-refractivity contribution in [2.75, 3.05) is 4.72 Å². The van der Waals surface area contributed by atoms with Gasteiger partial charge < -0.3 is 0 Å². The van der Waals surface area contributed by atoms with E-state index in [0.29, 0.717) is 5.56 Å². The van der Waals surface area contributed by atoms with Crippen LogP contribution in [0.5, 0.6) is 0 Å². The summed E-state index contributed by atoms with van der Waals surface area (Å²) in [6, 6.07) is 11.2. The fourth-order valence-electron chi connectivity index (χ4n) is 2.65. The van der Waals surface area contributed by atoms with Gasteiger partial charge in [0.1, 0.15) is 0 Å². The number of unbranched alkanes of at least 4 members (excludes halogenated alkanes) is 1. The summed E-state index contributed by atoms with van der Waals surface area (Å²) in [4.78, 5) is 0.261. The molecule has 0 saturated heterocycles. The lowest BCUT2D eigenvalue weighted by Crippen LogP contribution is -2.13. The highest BCUT2D eigenvalue weighted by Gasteiger charge is 2.22. The average molecular weight is 377 g/mol. The summed E-state index contributed by atoms with van der Waals surface area (Å²) in [5.41, 5.74) is 1.87. The first-order chi connectivity index (χ1) is 11.8. The summed E-state index contributed by atoms with van der Waals surface area (Å²) >= 11 is 0. The lowest BCUT2D eigenvalue weighted by molar-refractivity contribution is 0.600. The van der Waals surface area contributed by atoms with Crippen LogP contribution in [-0.4, -0.2) is 16.8 Å². The first-order valence-electron chi connectivity index (χ1n) is 8.01. The Morgan fingerprint density at radius 2 is 1.76 bits per heavy atom. The van der Waals surface area contributed by atoms with Gasteiger partial charge in [0, 0.05) is 5.41 Å². The monoisotopic (exact) mass is 377 g/mol. The molecule has 7 heteroatoms. The Morgan fingerprint density at radius 1 is 1.04 bits per heavy atom. The van der Waals surface area contributed by atoms with Gasteiger partial charge in [0.25, 0.3) is 10.0 Å². The highest BCUT2D eigenvalue weighted by Crippen LogP contribution is 2.30. The Balaban J connectivity index is 1.83. The predicted octanol–water partition coefficient (Wildman–Crippen LogP) is 3.59. The smallest absolute Gasteiger partial charge is 0.261 e. The van der Waals surface area contributed by atoms with Gasteiger partial charge in [0.15, 0.2) is 0 Å². The van der Waals surface area contributed by atoms with E-state index < -0.39 is 19.9 Å². The maximum atomic E-state index is 12.5. The molecule has 0 aromatic heterocycles. The van der Waals surface area contributed by atoms with Crippen molar-refractivity contribution in [3.63, 3.8) is 0 Å². The molecule has 1 aliphatic rings. The molecular weight excluding hydrogens is 358 g/mol. The largest absolute Gasteiger partial charge is 0.280 e. The average Bonchev–Trinajstić information content (AvgIpc) is 2.88. The number of rotatable bonds is 6. The molecule has 0 unspecified atom stereocenters. The number of nitrogens with one attached hydrogen (secondary N) is 1. The SMILES string of the molecule is CCCCc1ccc(S(=O)(=O)Nc2ccc3c(c2)S(=O)(=O)C=C3)cc1. The van der Waals surface area contributed by atoms with Crippen LogP contribution in [0, 0.1) is 0 Å². The predicted molar refractivity (Wildman–Crippen MR) is 98.5 cm³/mol. The molecular formula is C18H19NO4S2. The minimum Gasteiger partial charge on any atom is -0.280 e. The van der Waals surface area contributed by atoms with E-state index in [1.54, 1.807) is 36.4 Å². The molecule has 1 N–H and O–H groups in total. The van der Waals surface area contributed by atoms with Gasteiger partial charge in [-0.15, -0.1) is 0 Å². The number of hydrogen-bond acceptors (Lipinski definition) is 4. The number of sulfone groups is 1. The zero-order valence-electron chi connectivity index (χ0n) is 13.8. The third kappa shape index (κ3) is 3.77. The van der Waals surface area contributed by atoms with E-state index in [4.69, 9.17) is 0 Å². The van der Waals surface area contributed by atoms with Crippen LogP contribution in [0.2, 0.25) is 0 Å². The molecule has 1 heterocycles. The Bertz CT molecular complexity index is 1020. The van der Waals surface area contributed by atoms with Gasteiger partial charge in [-0.05, 0) is 54.3 Å². The standard InChI is InChI=1S/C18H19NO4S2/c1-2-3-4-14-5-9-17(10-6-14)25(22,23)19-16-8-7-15-11-12-24(20,21)18(15)13-16/h5-13,19H,2-4H2,1H3. The van der Waals surface area contributed by atoms with Crippen LogP contribution in [0.3, 0.4) is 0 Å². The molecule has 25 heavy (non-hydrogen) atoms. The van der Waals surface area contributed by atoms with E-state index >= 15 is 0 Å². The molecule has 0 spiro atoms. The number of hydrogen-bond donors (Lipinski definition) is 1. The van der Waals surface area contributed by atoms with Crippen molar-refractivity contribution in [3.8, 4) is 0 Å². The number of fused-ring (bicyclic) bond motifs is 1. The lowest BCUT2D eigenvalue weighted by atomic mass is 10.1. The number of anilines is 1. The maximum absolute atomic E-state index is 12.5.